The zero-order chi connectivity index (χ0) is 32.6. The molecule has 10 rings (SSSR count). The van der Waals surface area contributed by atoms with Crippen molar-refractivity contribution in [2.45, 2.75) is 0 Å². The minimum Gasteiger partial charge on any atom is -0.456 e. The number of furan rings is 1. The molecule has 0 aliphatic carbocycles. The van der Waals surface area contributed by atoms with Crippen LogP contribution in [0.3, 0.4) is 0 Å². The third-order valence-electron chi connectivity index (χ3n) is 9.74. The lowest BCUT2D eigenvalue weighted by Crippen LogP contribution is -1.96. The van der Waals surface area contributed by atoms with Crippen LogP contribution >= 0.6 is 0 Å². The summed E-state index contributed by atoms with van der Waals surface area (Å²) in [6.45, 7) is 0. The van der Waals surface area contributed by atoms with Gasteiger partial charge in [0, 0.05) is 38.3 Å². The summed E-state index contributed by atoms with van der Waals surface area (Å²) in [5.41, 5.74) is 11.4. The first kappa shape index (κ1) is 27.1. The highest BCUT2D eigenvalue weighted by Crippen LogP contribution is 2.42. The van der Waals surface area contributed by atoms with Gasteiger partial charge in [0.25, 0.3) is 0 Å². The van der Waals surface area contributed by atoms with Crippen LogP contribution < -0.4 is 0 Å². The van der Waals surface area contributed by atoms with E-state index in [-0.39, 0.29) is 0 Å². The Morgan fingerprint density at radius 3 is 1.71 bits per heavy atom. The Hall–Kier alpha value is -7.08. The second-order valence-electron chi connectivity index (χ2n) is 12.4. The molecule has 5 heteroatoms. The SMILES string of the molecule is N#Cc1ccc2oc3ccc4c5ccccc5n(-c5cccc(-c6cccc(-n7c8ccccc8c8cc(C#N)ccc87)c6)c5)c4c3c2c1. The van der Waals surface area contributed by atoms with Crippen LogP contribution in [-0.2, 0) is 0 Å². The lowest BCUT2D eigenvalue weighted by Gasteiger charge is -2.13. The molecule has 0 saturated carbocycles. The Labute approximate surface area is 280 Å². The van der Waals surface area contributed by atoms with Crippen LogP contribution in [0.25, 0.3) is 88.1 Å². The van der Waals surface area contributed by atoms with E-state index in [1.165, 1.54) is 0 Å². The molecular formula is C44H24N4O. The molecule has 49 heavy (non-hydrogen) atoms. The fourth-order valence-electron chi connectivity index (χ4n) is 7.62. The molecule has 10 aromatic rings. The lowest BCUT2D eigenvalue weighted by molar-refractivity contribution is 0.669. The number of fused-ring (bicyclic) bond motifs is 10. The van der Waals surface area contributed by atoms with Crippen LogP contribution in [0, 0.1) is 22.7 Å². The van der Waals surface area contributed by atoms with Gasteiger partial charge in [0.2, 0.25) is 0 Å². The average Bonchev–Trinajstić information content (AvgIpc) is 3.81. The van der Waals surface area contributed by atoms with Gasteiger partial charge in [-0.25, -0.2) is 0 Å². The van der Waals surface area contributed by atoms with Crippen LogP contribution in [0.4, 0.5) is 0 Å². The van der Waals surface area contributed by atoms with Crippen LogP contribution in [0.5, 0.6) is 0 Å². The maximum absolute atomic E-state index is 9.71. The molecule has 0 aliphatic heterocycles. The van der Waals surface area contributed by atoms with Crippen molar-refractivity contribution in [2.24, 2.45) is 0 Å². The Balaban J connectivity index is 1.20. The summed E-state index contributed by atoms with van der Waals surface area (Å²) < 4.78 is 10.9. The van der Waals surface area contributed by atoms with E-state index in [1.54, 1.807) is 6.07 Å². The molecule has 0 amide bonds. The summed E-state index contributed by atoms with van der Waals surface area (Å²) in [7, 11) is 0. The van der Waals surface area contributed by atoms with Crippen molar-refractivity contribution in [1.82, 2.24) is 9.13 Å². The molecular weight excluding hydrogens is 601 g/mol. The summed E-state index contributed by atoms with van der Waals surface area (Å²) in [4.78, 5) is 0. The van der Waals surface area contributed by atoms with Gasteiger partial charge in [0.05, 0.1) is 50.7 Å². The van der Waals surface area contributed by atoms with Gasteiger partial charge in [-0.1, -0.05) is 60.7 Å². The van der Waals surface area contributed by atoms with Gasteiger partial charge >= 0.3 is 0 Å². The third-order valence-corrected chi connectivity index (χ3v) is 9.74. The second-order valence-corrected chi connectivity index (χ2v) is 12.4. The number of hydrogen-bond donors (Lipinski definition) is 0. The molecule has 0 aliphatic rings. The van der Waals surface area contributed by atoms with Crippen molar-refractivity contribution in [2.75, 3.05) is 0 Å². The van der Waals surface area contributed by atoms with E-state index >= 15 is 0 Å². The first-order valence-electron chi connectivity index (χ1n) is 16.1. The summed E-state index contributed by atoms with van der Waals surface area (Å²) in [5, 5.41) is 25.7. The zero-order valence-electron chi connectivity index (χ0n) is 26.1. The van der Waals surface area contributed by atoms with E-state index in [1.807, 2.05) is 42.5 Å². The molecule has 3 aromatic heterocycles. The number of para-hydroxylation sites is 2. The number of rotatable bonds is 3. The lowest BCUT2D eigenvalue weighted by atomic mass is 10.0. The average molecular weight is 625 g/mol. The number of benzene rings is 7. The van der Waals surface area contributed by atoms with Gasteiger partial charge in [0.15, 0.2) is 0 Å². The molecule has 0 atom stereocenters. The van der Waals surface area contributed by atoms with Crippen LogP contribution in [0.2, 0.25) is 0 Å². The van der Waals surface area contributed by atoms with E-state index in [2.05, 4.69) is 118 Å². The molecule has 5 nitrogen and oxygen atoms in total. The van der Waals surface area contributed by atoms with Crippen molar-refractivity contribution in [3.05, 3.63) is 157 Å². The fraction of sp³-hybridized carbons (Fsp3) is 0. The van der Waals surface area contributed by atoms with Crippen LogP contribution in [0.15, 0.2) is 150 Å². The Kier molecular flexibility index (Phi) is 5.64. The standard InChI is InChI=1S/C44H24N4O/c45-25-27-15-18-40-36(21-27)34-12-2-3-13-38(34)47(40)31-9-5-7-29(23-31)30-8-6-10-32(24-30)48-39-14-4-1-11-33(39)35-17-20-42-43(44(35)48)37-22-28(26-46)16-19-41(37)49-42/h1-24H. The van der Waals surface area contributed by atoms with Crippen LogP contribution in [0.1, 0.15) is 11.1 Å². The molecule has 226 valence electrons. The predicted molar refractivity (Wildman–Crippen MR) is 197 cm³/mol. The summed E-state index contributed by atoms with van der Waals surface area (Å²) >= 11 is 0. The van der Waals surface area contributed by atoms with Crippen molar-refractivity contribution in [3.8, 4) is 34.6 Å². The largest absolute Gasteiger partial charge is 0.456 e. The monoisotopic (exact) mass is 624 g/mol. The van der Waals surface area contributed by atoms with Crippen molar-refractivity contribution < 1.29 is 4.42 Å². The first-order valence-corrected chi connectivity index (χ1v) is 16.1. The molecule has 3 heterocycles. The summed E-state index contributed by atoms with van der Waals surface area (Å²) in [6, 6.07) is 54.5. The van der Waals surface area contributed by atoms with Gasteiger partial charge in [0.1, 0.15) is 11.2 Å². The van der Waals surface area contributed by atoms with E-state index < -0.39 is 0 Å². The van der Waals surface area contributed by atoms with Gasteiger partial charge in [-0.15, -0.1) is 0 Å². The van der Waals surface area contributed by atoms with Crippen molar-refractivity contribution in [3.63, 3.8) is 0 Å². The van der Waals surface area contributed by atoms with Gasteiger partial charge in [-0.05, 0) is 96.1 Å². The van der Waals surface area contributed by atoms with Crippen molar-refractivity contribution >= 4 is 65.6 Å². The maximum Gasteiger partial charge on any atom is 0.137 e. The highest BCUT2D eigenvalue weighted by Gasteiger charge is 2.20. The molecule has 0 spiro atoms. The Morgan fingerprint density at radius 1 is 0.429 bits per heavy atom. The Morgan fingerprint density at radius 2 is 1.00 bits per heavy atom. The molecule has 0 radical (unpaired) electrons. The smallest absolute Gasteiger partial charge is 0.137 e. The van der Waals surface area contributed by atoms with E-state index in [0.717, 1.165) is 88.1 Å². The summed E-state index contributed by atoms with van der Waals surface area (Å²) in [5.74, 6) is 0. The molecule has 0 unspecified atom stereocenters. The van der Waals surface area contributed by atoms with Gasteiger partial charge in [-0.3, -0.25) is 0 Å². The highest BCUT2D eigenvalue weighted by molar-refractivity contribution is 6.24. The number of aromatic nitrogens is 2. The number of nitrogens with zero attached hydrogens (tertiary/aromatic N) is 4. The summed E-state index contributed by atoms with van der Waals surface area (Å²) in [6.07, 6.45) is 0. The van der Waals surface area contributed by atoms with Gasteiger partial charge < -0.3 is 13.6 Å². The van der Waals surface area contributed by atoms with Crippen molar-refractivity contribution in [1.29, 1.82) is 10.5 Å². The second kappa shape index (κ2) is 10.2. The molecule has 0 fully saturated rings. The van der Waals surface area contributed by atoms with E-state index in [4.69, 9.17) is 4.42 Å². The number of nitriles is 2. The quantitative estimate of drug-likeness (QED) is 0.196. The normalized spacial score (nSPS) is 11.6. The highest BCUT2D eigenvalue weighted by atomic mass is 16.3. The fourth-order valence-corrected chi connectivity index (χ4v) is 7.62. The predicted octanol–water partition coefficient (Wildman–Crippen LogP) is 11.2. The van der Waals surface area contributed by atoms with E-state index in [9.17, 15) is 10.5 Å². The van der Waals surface area contributed by atoms with E-state index in [0.29, 0.717) is 11.1 Å². The third kappa shape index (κ3) is 3.91. The zero-order valence-corrected chi connectivity index (χ0v) is 26.1. The molecule has 0 bridgehead atoms. The van der Waals surface area contributed by atoms with Gasteiger partial charge in [-0.2, -0.15) is 10.5 Å². The topological polar surface area (TPSA) is 70.6 Å². The Bertz CT molecular complexity index is 3090. The molecule has 7 aromatic carbocycles. The van der Waals surface area contributed by atoms with Crippen LogP contribution in [-0.4, -0.2) is 9.13 Å². The molecule has 0 saturated heterocycles. The molecule has 0 N–H and O–H groups in total. The number of hydrogen-bond acceptors (Lipinski definition) is 3. The first-order chi connectivity index (χ1) is 24.2. The minimum absolute atomic E-state index is 0.602. The minimum atomic E-state index is 0.602. The maximum atomic E-state index is 9.71.